The fourth-order valence-corrected chi connectivity index (χ4v) is 8.57. The second-order valence-corrected chi connectivity index (χ2v) is 20.9. The molecule has 0 rings (SSSR count). The van der Waals surface area contributed by atoms with Crippen LogP contribution in [-0.2, 0) is 42.2 Å². The molecule has 0 saturated carbocycles. The summed E-state index contributed by atoms with van der Waals surface area (Å²) < 4.78 is 39.5. The molecule has 3 atom stereocenters. The first-order valence-electron chi connectivity index (χ1n) is 29.5. The number of allylic oxidation sites excluding steroid dienone is 14. The third kappa shape index (κ3) is 53.5. The van der Waals surface area contributed by atoms with Crippen molar-refractivity contribution in [3.05, 3.63) is 85.1 Å². The highest BCUT2D eigenvalue weighted by atomic mass is 31.2. The summed E-state index contributed by atoms with van der Waals surface area (Å²) in [5.74, 6) is -1.52. The van der Waals surface area contributed by atoms with E-state index in [0.717, 1.165) is 109 Å². The molecule has 0 bridgehead atoms. The van der Waals surface area contributed by atoms with E-state index in [4.69, 9.17) is 23.3 Å². The number of ether oxygens (including phenoxy) is 3. The standard InChI is InChI=1S/C62H107O11P/c1-4-7-10-13-16-19-22-25-27-28-29-30-32-35-38-41-44-47-50-53-62(66)73-59(55-69-60(64)51-48-45-42-39-36-33-24-21-18-15-12-9-6-3)57-71-74(67,68)70-56-58(54-63)72-61(65)52-49-46-43-40-37-34-31-26-23-20-17-14-11-8-5-2/h8,11,16-17,19-21,24-27,31,37,40,58-59,63H,4-7,9-10,12-15,18,22-23,28-30,32-36,38-39,41-57H2,1-3H3,(H,67,68)/b11-8-,19-16-,20-17-,24-21-,27-25-,31-26-,40-37-. The molecule has 0 aromatic rings. The van der Waals surface area contributed by atoms with Gasteiger partial charge < -0.3 is 24.2 Å². The molecule has 0 aliphatic rings. The Morgan fingerprint density at radius 1 is 0.392 bits per heavy atom. The van der Waals surface area contributed by atoms with Crippen molar-refractivity contribution in [3.8, 4) is 0 Å². The van der Waals surface area contributed by atoms with Gasteiger partial charge in [-0.3, -0.25) is 23.4 Å². The van der Waals surface area contributed by atoms with E-state index >= 15 is 0 Å². The van der Waals surface area contributed by atoms with Crippen LogP contribution in [0.25, 0.3) is 0 Å². The molecule has 0 aliphatic carbocycles. The molecule has 0 radical (unpaired) electrons. The van der Waals surface area contributed by atoms with Gasteiger partial charge in [-0.1, -0.05) is 202 Å². The van der Waals surface area contributed by atoms with Crippen molar-refractivity contribution in [2.45, 2.75) is 264 Å². The fraction of sp³-hybridized carbons (Fsp3) is 0.726. The van der Waals surface area contributed by atoms with Crippen LogP contribution in [0.1, 0.15) is 252 Å². The highest BCUT2D eigenvalue weighted by molar-refractivity contribution is 7.47. The lowest BCUT2D eigenvalue weighted by Crippen LogP contribution is -2.30. The lowest BCUT2D eigenvalue weighted by atomic mass is 10.1. The van der Waals surface area contributed by atoms with Gasteiger partial charge in [0.15, 0.2) is 6.10 Å². The molecule has 0 aromatic heterocycles. The number of rotatable bonds is 54. The predicted octanol–water partition coefficient (Wildman–Crippen LogP) is 17.5. The van der Waals surface area contributed by atoms with Crippen LogP contribution in [0.15, 0.2) is 85.1 Å². The Morgan fingerprint density at radius 3 is 1.15 bits per heavy atom. The largest absolute Gasteiger partial charge is 0.472 e. The van der Waals surface area contributed by atoms with Gasteiger partial charge in [-0.15, -0.1) is 0 Å². The smallest absolute Gasteiger partial charge is 0.462 e. The van der Waals surface area contributed by atoms with Gasteiger partial charge in [0.1, 0.15) is 12.7 Å². The van der Waals surface area contributed by atoms with E-state index in [-0.39, 0.29) is 25.9 Å². The van der Waals surface area contributed by atoms with E-state index in [1.165, 1.54) is 83.5 Å². The molecule has 426 valence electrons. The van der Waals surface area contributed by atoms with E-state index in [0.29, 0.717) is 19.3 Å². The Labute approximate surface area is 451 Å². The van der Waals surface area contributed by atoms with E-state index in [1.807, 2.05) is 0 Å². The maximum absolute atomic E-state index is 12.9. The van der Waals surface area contributed by atoms with Gasteiger partial charge in [0, 0.05) is 19.3 Å². The average Bonchev–Trinajstić information content (AvgIpc) is 3.39. The molecule has 0 amide bonds. The number of phosphoric ester groups is 1. The molecule has 0 spiro atoms. The molecular weight excluding hydrogens is 952 g/mol. The summed E-state index contributed by atoms with van der Waals surface area (Å²) in [5, 5.41) is 9.81. The quantitative estimate of drug-likeness (QED) is 0.0197. The van der Waals surface area contributed by atoms with Gasteiger partial charge in [0.05, 0.1) is 19.8 Å². The molecule has 11 nitrogen and oxygen atoms in total. The van der Waals surface area contributed by atoms with Crippen LogP contribution in [0.3, 0.4) is 0 Å². The lowest BCUT2D eigenvalue weighted by molar-refractivity contribution is -0.161. The summed E-state index contributed by atoms with van der Waals surface area (Å²) in [4.78, 5) is 48.5. The van der Waals surface area contributed by atoms with Crippen LogP contribution in [0.5, 0.6) is 0 Å². The van der Waals surface area contributed by atoms with E-state index in [2.05, 4.69) is 106 Å². The number of aliphatic hydroxyl groups is 1. The van der Waals surface area contributed by atoms with Crippen molar-refractivity contribution in [1.82, 2.24) is 0 Å². The number of phosphoric acid groups is 1. The maximum Gasteiger partial charge on any atom is 0.472 e. The molecule has 0 aliphatic heterocycles. The summed E-state index contributed by atoms with van der Waals surface area (Å²) in [7, 11) is -4.76. The van der Waals surface area contributed by atoms with Gasteiger partial charge in [0.25, 0.3) is 0 Å². The van der Waals surface area contributed by atoms with Gasteiger partial charge in [-0.2, -0.15) is 0 Å². The van der Waals surface area contributed by atoms with E-state index < -0.39 is 57.8 Å². The number of esters is 3. The van der Waals surface area contributed by atoms with Gasteiger partial charge in [-0.25, -0.2) is 4.57 Å². The molecule has 2 N–H and O–H groups in total. The molecule has 0 heterocycles. The van der Waals surface area contributed by atoms with Crippen molar-refractivity contribution in [2.24, 2.45) is 0 Å². The van der Waals surface area contributed by atoms with Gasteiger partial charge >= 0.3 is 25.7 Å². The Bertz CT molecular complexity index is 1560. The summed E-state index contributed by atoms with van der Waals surface area (Å²) in [6, 6.07) is 0. The number of aliphatic hydroxyl groups excluding tert-OH is 1. The predicted molar refractivity (Wildman–Crippen MR) is 307 cm³/mol. The molecular formula is C62H107O11P. The van der Waals surface area contributed by atoms with Crippen molar-refractivity contribution in [3.63, 3.8) is 0 Å². The zero-order valence-corrected chi connectivity index (χ0v) is 47.9. The highest BCUT2D eigenvalue weighted by Gasteiger charge is 2.28. The first-order valence-corrected chi connectivity index (χ1v) is 31.0. The fourth-order valence-electron chi connectivity index (χ4n) is 7.78. The molecule has 0 fully saturated rings. The van der Waals surface area contributed by atoms with Crippen molar-refractivity contribution in [1.29, 1.82) is 0 Å². The molecule has 74 heavy (non-hydrogen) atoms. The zero-order valence-electron chi connectivity index (χ0n) is 47.0. The lowest BCUT2D eigenvalue weighted by Gasteiger charge is -2.21. The third-order valence-corrected chi connectivity index (χ3v) is 13.2. The van der Waals surface area contributed by atoms with E-state index in [1.54, 1.807) is 0 Å². The van der Waals surface area contributed by atoms with Crippen LogP contribution in [0.4, 0.5) is 0 Å². The number of carbonyl (C=O) groups excluding carboxylic acids is 3. The van der Waals surface area contributed by atoms with E-state index in [9.17, 15) is 28.9 Å². The van der Waals surface area contributed by atoms with Crippen LogP contribution < -0.4 is 0 Å². The summed E-state index contributed by atoms with van der Waals surface area (Å²) in [5.41, 5.74) is 0. The minimum absolute atomic E-state index is 0.122. The van der Waals surface area contributed by atoms with Crippen molar-refractivity contribution in [2.75, 3.05) is 26.4 Å². The number of unbranched alkanes of at least 4 members (excludes halogenated alkanes) is 23. The minimum atomic E-state index is -4.76. The zero-order chi connectivity index (χ0) is 54.1. The van der Waals surface area contributed by atoms with Crippen LogP contribution in [-0.4, -0.2) is 66.5 Å². The van der Waals surface area contributed by atoms with Crippen molar-refractivity contribution < 1.29 is 52.2 Å². The highest BCUT2D eigenvalue weighted by Crippen LogP contribution is 2.43. The normalized spacial score (nSPS) is 14.0. The summed E-state index contributed by atoms with van der Waals surface area (Å²) >= 11 is 0. The summed E-state index contributed by atoms with van der Waals surface area (Å²) in [6.45, 7) is 4.44. The molecule has 12 heteroatoms. The van der Waals surface area contributed by atoms with Crippen molar-refractivity contribution >= 4 is 25.7 Å². The van der Waals surface area contributed by atoms with Gasteiger partial charge in [-0.05, 0) is 116 Å². The second-order valence-electron chi connectivity index (χ2n) is 19.4. The monoisotopic (exact) mass is 1060 g/mol. The topological polar surface area (TPSA) is 155 Å². The Hall–Kier alpha value is -3.34. The molecule has 0 saturated heterocycles. The van der Waals surface area contributed by atoms with Crippen LogP contribution >= 0.6 is 7.82 Å². The summed E-state index contributed by atoms with van der Waals surface area (Å²) in [6.07, 6.45) is 64.0. The first-order chi connectivity index (χ1) is 36.2. The van der Waals surface area contributed by atoms with Gasteiger partial charge in [0.2, 0.25) is 0 Å². The first kappa shape index (κ1) is 70.7. The minimum Gasteiger partial charge on any atom is -0.462 e. The Balaban J connectivity index is 4.76. The second kappa shape index (κ2) is 55.9. The average molecular weight is 1060 g/mol. The number of hydrogen-bond acceptors (Lipinski definition) is 10. The third-order valence-electron chi connectivity index (χ3n) is 12.3. The molecule has 0 aromatic carbocycles. The Kier molecular flexibility index (Phi) is 53.4. The van der Waals surface area contributed by atoms with Crippen LogP contribution in [0, 0.1) is 0 Å². The van der Waals surface area contributed by atoms with Crippen LogP contribution in [0.2, 0.25) is 0 Å². The SMILES string of the molecule is CC/C=C\C/C=C\C/C=C\C/C=C\CCCCC(=O)OC(CO)COP(=O)(O)OCC(COC(=O)CCCCCCC/C=C\CCCCCC)OC(=O)CCCCCCCCCCC/C=C\C/C=C\CCCCC. The molecule has 3 unspecified atom stereocenters. The number of carbonyl (C=O) groups is 3. The Morgan fingerprint density at radius 2 is 0.703 bits per heavy atom. The maximum atomic E-state index is 12.9. The number of hydrogen-bond donors (Lipinski definition) is 2.